The van der Waals surface area contributed by atoms with Gasteiger partial charge in [0.2, 0.25) is 5.91 Å². The fourth-order valence-electron chi connectivity index (χ4n) is 5.25. The topological polar surface area (TPSA) is 61.9 Å². The fourth-order valence-corrected chi connectivity index (χ4v) is 5.25. The molecule has 35 heavy (non-hydrogen) atoms. The van der Waals surface area contributed by atoms with E-state index in [0.29, 0.717) is 48.4 Å². The lowest BCUT2D eigenvalue weighted by molar-refractivity contribution is -0.126. The number of nitrogens with one attached hydrogen (secondary N) is 1. The molecule has 2 aromatic carbocycles. The number of piperidine rings is 2. The summed E-state index contributed by atoms with van der Waals surface area (Å²) in [4.78, 5) is 29.7. The first-order valence-electron chi connectivity index (χ1n) is 12.6. The third kappa shape index (κ3) is 5.13. The molecule has 5 rings (SSSR count). The van der Waals surface area contributed by atoms with Gasteiger partial charge in [-0.1, -0.05) is 50.8 Å². The number of hydrogen-bond acceptors (Lipinski definition) is 4. The summed E-state index contributed by atoms with van der Waals surface area (Å²) in [5.41, 5.74) is 5.08. The number of likely N-dealkylation sites (tertiary alicyclic amines) is 1. The number of hydrogen-bond donors (Lipinski definition) is 1. The molecule has 0 aliphatic carbocycles. The van der Waals surface area contributed by atoms with Gasteiger partial charge in [-0.2, -0.15) is 0 Å². The van der Waals surface area contributed by atoms with Gasteiger partial charge in [-0.05, 0) is 67.4 Å². The number of fused-ring (bicyclic) bond motifs is 1. The molecule has 0 spiro atoms. The Kier molecular flexibility index (Phi) is 6.41. The van der Waals surface area contributed by atoms with Gasteiger partial charge >= 0.3 is 0 Å². The van der Waals surface area contributed by atoms with Crippen LogP contribution in [0.1, 0.15) is 66.6 Å². The van der Waals surface area contributed by atoms with E-state index in [4.69, 9.17) is 4.74 Å². The maximum absolute atomic E-state index is 13.1. The molecule has 0 radical (unpaired) electrons. The van der Waals surface area contributed by atoms with Crippen LogP contribution in [0.2, 0.25) is 0 Å². The minimum atomic E-state index is -0.466. The van der Waals surface area contributed by atoms with Crippen molar-refractivity contribution in [1.82, 2.24) is 15.1 Å². The fraction of sp³-hybridized carbons (Fsp3) is 0.448. The smallest absolute Gasteiger partial charge is 0.255 e. The van der Waals surface area contributed by atoms with E-state index in [-0.39, 0.29) is 11.8 Å². The van der Waals surface area contributed by atoms with Gasteiger partial charge in [0.05, 0.1) is 6.54 Å². The van der Waals surface area contributed by atoms with Crippen LogP contribution in [0.4, 0.5) is 0 Å². The van der Waals surface area contributed by atoms with Crippen molar-refractivity contribution in [1.29, 1.82) is 0 Å². The molecule has 184 valence electrons. The van der Waals surface area contributed by atoms with Gasteiger partial charge in [-0.3, -0.25) is 14.5 Å². The lowest BCUT2D eigenvalue weighted by Gasteiger charge is -2.36. The third-order valence-electron chi connectivity index (χ3n) is 7.68. The molecule has 2 fully saturated rings. The standard InChI is InChI=1S/C29H35N3O3/c1-20-7-12-25(27(33)30-20)32-18-24-23(28(32)34)5-4-6-26(24)35-19-22-10-8-21(9-11-22)17-31-15-13-29(2,3)14-16-31/h4-6,8-11,25H,1,7,12-19H2,2-3H3,(H,30,33). The number of carbonyl (C=O) groups is 2. The normalized spacial score (nSPS) is 22.2. The lowest BCUT2D eigenvalue weighted by Crippen LogP contribution is -2.49. The Balaban J connectivity index is 1.20. The van der Waals surface area contributed by atoms with Crippen LogP contribution >= 0.6 is 0 Å². The second kappa shape index (κ2) is 9.50. The maximum Gasteiger partial charge on any atom is 0.255 e. The Labute approximate surface area is 207 Å². The number of rotatable bonds is 6. The molecule has 3 aliphatic heterocycles. The molecule has 0 saturated carbocycles. The van der Waals surface area contributed by atoms with Gasteiger partial charge in [-0.25, -0.2) is 0 Å². The zero-order valence-electron chi connectivity index (χ0n) is 20.8. The Hall–Kier alpha value is -3.12. The minimum absolute atomic E-state index is 0.108. The SMILES string of the molecule is C=C1CCC(N2Cc3c(OCc4ccc(CN5CCC(C)(C)CC5)cc4)cccc3C2=O)C(=O)N1. The Morgan fingerprint density at radius 1 is 1.06 bits per heavy atom. The molecule has 3 aliphatic rings. The molecular formula is C29H35N3O3. The van der Waals surface area contributed by atoms with Crippen molar-refractivity contribution in [3.63, 3.8) is 0 Å². The molecule has 2 aromatic rings. The highest BCUT2D eigenvalue weighted by Crippen LogP contribution is 2.34. The first-order valence-corrected chi connectivity index (χ1v) is 12.6. The van der Waals surface area contributed by atoms with Crippen LogP contribution in [0.5, 0.6) is 5.75 Å². The van der Waals surface area contributed by atoms with Crippen molar-refractivity contribution in [2.24, 2.45) is 5.41 Å². The van der Waals surface area contributed by atoms with E-state index >= 15 is 0 Å². The predicted octanol–water partition coefficient (Wildman–Crippen LogP) is 4.64. The summed E-state index contributed by atoms with van der Waals surface area (Å²) in [5.74, 6) is 0.445. The first kappa shape index (κ1) is 23.6. The van der Waals surface area contributed by atoms with E-state index in [9.17, 15) is 9.59 Å². The molecule has 6 heteroatoms. The van der Waals surface area contributed by atoms with Crippen molar-refractivity contribution in [3.8, 4) is 5.75 Å². The van der Waals surface area contributed by atoms with Gasteiger partial charge in [0, 0.05) is 23.4 Å². The van der Waals surface area contributed by atoms with Crippen molar-refractivity contribution >= 4 is 11.8 Å². The van der Waals surface area contributed by atoms with Crippen LogP contribution in [-0.4, -0.2) is 40.7 Å². The largest absolute Gasteiger partial charge is 0.489 e. The minimum Gasteiger partial charge on any atom is -0.489 e. The Bertz CT molecular complexity index is 1130. The van der Waals surface area contributed by atoms with Crippen LogP contribution in [0.15, 0.2) is 54.7 Å². The monoisotopic (exact) mass is 473 g/mol. The number of ether oxygens (including phenoxy) is 1. The predicted molar refractivity (Wildman–Crippen MR) is 136 cm³/mol. The van der Waals surface area contributed by atoms with Gasteiger partial charge in [0.25, 0.3) is 5.91 Å². The van der Waals surface area contributed by atoms with E-state index in [1.807, 2.05) is 18.2 Å². The van der Waals surface area contributed by atoms with E-state index in [2.05, 4.69) is 54.9 Å². The Morgan fingerprint density at radius 2 is 1.77 bits per heavy atom. The van der Waals surface area contributed by atoms with E-state index in [0.717, 1.165) is 30.8 Å². The zero-order valence-corrected chi connectivity index (χ0v) is 20.8. The van der Waals surface area contributed by atoms with Crippen LogP contribution in [-0.2, 0) is 24.5 Å². The van der Waals surface area contributed by atoms with Gasteiger partial charge in [-0.15, -0.1) is 0 Å². The lowest BCUT2D eigenvalue weighted by atomic mass is 9.82. The van der Waals surface area contributed by atoms with Crippen molar-refractivity contribution in [2.75, 3.05) is 13.1 Å². The molecule has 2 amide bonds. The second-order valence-electron chi connectivity index (χ2n) is 10.9. The molecule has 0 aromatic heterocycles. The summed E-state index contributed by atoms with van der Waals surface area (Å²) in [5, 5.41) is 2.79. The van der Waals surface area contributed by atoms with E-state index in [1.165, 1.54) is 18.4 Å². The quantitative estimate of drug-likeness (QED) is 0.664. The van der Waals surface area contributed by atoms with E-state index < -0.39 is 6.04 Å². The summed E-state index contributed by atoms with van der Waals surface area (Å²) in [6.07, 6.45) is 3.79. The third-order valence-corrected chi connectivity index (χ3v) is 7.68. The first-order chi connectivity index (χ1) is 16.8. The molecule has 2 saturated heterocycles. The molecule has 3 heterocycles. The number of benzene rings is 2. The van der Waals surface area contributed by atoms with Gasteiger partial charge < -0.3 is 15.0 Å². The van der Waals surface area contributed by atoms with Crippen LogP contribution in [0, 0.1) is 5.41 Å². The zero-order chi connectivity index (χ0) is 24.6. The Morgan fingerprint density at radius 3 is 2.49 bits per heavy atom. The molecular weight excluding hydrogens is 438 g/mol. The molecule has 0 bridgehead atoms. The summed E-state index contributed by atoms with van der Waals surface area (Å²) in [7, 11) is 0. The van der Waals surface area contributed by atoms with Crippen LogP contribution < -0.4 is 10.1 Å². The molecule has 1 atom stereocenters. The van der Waals surface area contributed by atoms with Gasteiger partial charge in [0.15, 0.2) is 0 Å². The maximum atomic E-state index is 13.1. The summed E-state index contributed by atoms with van der Waals surface area (Å²) < 4.78 is 6.17. The van der Waals surface area contributed by atoms with Crippen molar-refractivity contribution in [2.45, 2.75) is 65.3 Å². The van der Waals surface area contributed by atoms with Gasteiger partial charge in [0.1, 0.15) is 18.4 Å². The summed E-state index contributed by atoms with van der Waals surface area (Å²) in [6.45, 7) is 12.7. The summed E-state index contributed by atoms with van der Waals surface area (Å²) in [6, 6.07) is 13.7. The number of allylic oxidation sites excluding steroid dienone is 1. The number of nitrogens with zero attached hydrogens (tertiary/aromatic N) is 2. The second-order valence-corrected chi connectivity index (χ2v) is 10.9. The van der Waals surface area contributed by atoms with Crippen molar-refractivity contribution < 1.29 is 14.3 Å². The molecule has 1 N–H and O–H groups in total. The molecule has 1 unspecified atom stereocenters. The average molecular weight is 474 g/mol. The highest BCUT2D eigenvalue weighted by atomic mass is 16.5. The van der Waals surface area contributed by atoms with E-state index in [1.54, 1.807) is 4.90 Å². The summed E-state index contributed by atoms with van der Waals surface area (Å²) >= 11 is 0. The van der Waals surface area contributed by atoms with Crippen molar-refractivity contribution in [3.05, 3.63) is 77.0 Å². The highest BCUT2D eigenvalue weighted by molar-refractivity contribution is 6.02. The molecule has 6 nitrogen and oxygen atoms in total. The van der Waals surface area contributed by atoms with Crippen LogP contribution in [0.3, 0.4) is 0 Å². The highest BCUT2D eigenvalue weighted by Gasteiger charge is 2.39. The van der Waals surface area contributed by atoms with Crippen LogP contribution in [0.25, 0.3) is 0 Å². The number of carbonyl (C=O) groups excluding carboxylic acids is 2. The average Bonchev–Trinajstić information content (AvgIpc) is 3.17. The number of amides is 2.